The highest BCUT2D eigenvalue weighted by Gasteiger charge is 2.07. The summed E-state index contributed by atoms with van der Waals surface area (Å²) in [6, 6.07) is 14.2. The summed E-state index contributed by atoms with van der Waals surface area (Å²) in [6.45, 7) is 0.566. The molecule has 0 saturated carbocycles. The van der Waals surface area contributed by atoms with Gasteiger partial charge in [0.2, 0.25) is 0 Å². The largest absolute Gasteiger partial charge is 0.496 e. The molecule has 0 fully saturated rings. The monoisotopic (exact) mass is 332 g/mol. The van der Waals surface area contributed by atoms with Gasteiger partial charge in [-0.1, -0.05) is 58.4 Å². The predicted octanol–water partition coefficient (Wildman–Crippen LogP) is 4.77. The van der Waals surface area contributed by atoms with Gasteiger partial charge < -0.3 is 9.47 Å². The van der Waals surface area contributed by atoms with Gasteiger partial charge in [-0.3, -0.25) is 0 Å². The SMILES string of the molecule is COCc1cc(/C=C/c2ccccc2)c(OC)cc1Br. The van der Waals surface area contributed by atoms with Crippen LogP contribution in [0.5, 0.6) is 5.75 Å². The van der Waals surface area contributed by atoms with Crippen LogP contribution >= 0.6 is 15.9 Å². The highest BCUT2D eigenvalue weighted by atomic mass is 79.9. The smallest absolute Gasteiger partial charge is 0.127 e. The second-order valence-corrected chi connectivity index (χ2v) is 5.22. The lowest BCUT2D eigenvalue weighted by atomic mass is 10.1. The van der Waals surface area contributed by atoms with E-state index in [9.17, 15) is 0 Å². The number of benzene rings is 2. The lowest BCUT2D eigenvalue weighted by Gasteiger charge is -2.10. The Hall–Kier alpha value is -1.58. The van der Waals surface area contributed by atoms with Crippen molar-refractivity contribution in [2.45, 2.75) is 6.61 Å². The van der Waals surface area contributed by atoms with E-state index >= 15 is 0 Å². The Morgan fingerprint density at radius 1 is 1.05 bits per heavy atom. The van der Waals surface area contributed by atoms with Crippen molar-refractivity contribution in [2.24, 2.45) is 0 Å². The van der Waals surface area contributed by atoms with Gasteiger partial charge in [-0.05, 0) is 23.3 Å². The molecule has 2 aromatic rings. The maximum absolute atomic E-state index is 5.43. The molecule has 0 spiro atoms. The molecule has 0 aliphatic carbocycles. The zero-order chi connectivity index (χ0) is 14.4. The number of rotatable bonds is 5. The molecule has 3 heteroatoms. The highest BCUT2D eigenvalue weighted by molar-refractivity contribution is 9.10. The summed E-state index contributed by atoms with van der Waals surface area (Å²) in [5.74, 6) is 0.837. The number of hydrogen-bond acceptors (Lipinski definition) is 2. The highest BCUT2D eigenvalue weighted by Crippen LogP contribution is 2.29. The molecule has 0 heterocycles. The minimum Gasteiger partial charge on any atom is -0.496 e. The minimum atomic E-state index is 0.566. The van der Waals surface area contributed by atoms with Crippen LogP contribution in [0.1, 0.15) is 16.7 Å². The summed E-state index contributed by atoms with van der Waals surface area (Å²) in [5, 5.41) is 0. The second-order valence-electron chi connectivity index (χ2n) is 4.36. The van der Waals surface area contributed by atoms with Crippen LogP contribution in [0.4, 0.5) is 0 Å². The van der Waals surface area contributed by atoms with Crippen LogP contribution in [0, 0.1) is 0 Å². The van der Waals surface area contributed by atoms with Gasteiger partial charge in [0.25, 0.3) is 0 Å². The van der Waals surface area contributed by atoms with E-state index in [1.165, 1.54) is 0 Å². The normalized spacial score (nSPS) is 10.9. The van der Waals surface area contributed by atoms with E-state index in [-0.39, 0.29) is 0 Å². The first-order chi connectivity index (χ1) is 9.74. The summed E-state index contributed by atoms with van der Waals surface area (Å²) in [7, 11) is 3.37. The molecular weight excluding hydrogens is 316 g/mol. The third-order valence-electron chi connectivity index (χ3n) is 2.95. The Labute approximate surface area is 128 Å². The van der Waals surface area contributed by atoms with E-state index < -0.39 is 0 Å². The van der Waals surface area contributed by atoms with E-state index in [4.69, 9.17) is 9.47 Å². The van der Waals surface area contributed by atoms with Crippen molar-refractivity contribution >= 4 is 28.1 Å². The Kier molecular flexibility index (Phi) is 5.39. The molecule has 0 aliphatic rings. The van der Waals surface area contributed by atoms with Gasteiger partial charge >= 0.3 is 0 Å². The van der Waals surface area contributed by atoms with Crippen molar-refractivity contribution in [2.75, 3.05) is 14.2 Å². The lowest BCUT2D eigenvalue weighted by molar-refractivity contribution is 0.184. The molecule has 0 bridgehead atoms. The molecule has 0 saturated heterocycles. The third kappa shape index (κ3) is 3.71. The quantitative estimate of drug-likeness (QED) is 0.734. The van der Waals surface area contributed by atoms with Crippen LogP contribution in [-0.4, -0.2) is 14.2 Å². The van der Waals surface area contributed by atoms with E-state index in [1.807, 2.05) is 24.3 Å². The fourth-order valence-corrected chi connectivity index (χ4v) is 2.38. The van der Waals surface area contributed by atoms with Crippen LogP contribution < -0.4 is 4.74 Å². The molecule has 0 unspecified atom stereocenters. The molecule has 2 rings (SSSR count). The first kappa shape index (κ1) is 14.8. The summed E-state index contributed by atoms with van der Waals surface area (Å²) in [6.07, 6.45) is 4.13. The number of hydrogen-bond donors (Lipinski definition) is 0. The average molecular weight is 333 g/mol. The maximum Gasteiger partial charge on any atom is 0.127 e. The zero-order valence-electron chi connectivity index (χ0n) is 11.6. The molecule has 0 aromatic heterocycles. The van der Waals surface area contributed by atoms with Crippen LogP contribution in [0.3, 0.4) is 0 Å². The van der Waals surface area contributed by atoms with E-state index in [2.05, 4.69) is 46.3 Å². The van der Waals surface area contributed by atoms with Gasteiger partial charge in [-0.2, -0.15) is 0 Å². The summed E-state index contributed by atoms with van der Waals surface area (Å²) in [5.41, 5.74) is 3.29. The Morgan fingerprint density at radius 2 is 1.80 bits per heavy atom. The number of ether oxygens (including phenoxy) is 2. The topological polar surface area (TPSA) is 18.5 Å². The Morgan fingerprint density at radius 3 is 2.45 bits per heavy atom. The van der Waals surface area contributed by atoms with E-state index in [0.29, 0.717) is 6.61 Å². The molecule has 0 atom stereocenters. The van der Waals surface area contributed by atoms with E-state index in [1.54, 1.807) is 14.2 Å². The van der Waals surface area contributed by atoms with Crippen LogP contribution in [0.25, 0.3) is 12.2 Å². The van der Waals surface area contributed by atoms with Gasteiger partial charge in [0.15, 0.2) is 0 Å². The van der Waals surface area contributed by atoms with Crippen molar-refractivity contribution < 1.29 is 9.47 Å². The maximum atomic E-state index is 5.43. The predicted molar refractivity (Wildman–Crippen MR) is 86.8 cm³/mol. The fourth-order valence-electron chi connectivity index (χ4n) is 1.94. The van der Waals surface area contributed by atoms with Crippen molar-refractivity contribution in [1.82, 2.24) is 0 Å². The van der Waals surface area contributed by atoms with Crippen molar-refractivity contribution in [3.8, 4) is 5.75 Å². The standard InChI is InChI=1S/C17H17BrO2/c1-19-12-15-10-14(17(20-2)11-16(15)18)9-8-13-6-4-3-5-7-13/h3-11H,12H2,1-2H3/b9-8+. The summed E-state index contributed by atoms with van der Waals surface area (Å²) in [4.78, 5) is 0. The van der Waals surface area contributed by atoms with Crippen LogP contribution in [0.2, 0.25) is 0 Å². The van der Waals surface area contributed by atoms with Crippen LogP contribution in [0.15, 0.2) is 46.9 Å². The van der Waals surface area contributed by atoms with Gasteiger partial charge in [0, 0.05) is 17.1 Å². The Bertz CT molecular complexity index is 591. The molecule has 0 amide bonds. The third-order valence-corrected chi connectivity index (χ3v) is 3.69. The fraction of sp³-hybridized carbons (Fsp3) is 0.176. The van der Waals surface area contributed by atoms with Gasteiger partial charge in [0.1, 0.15) is 5.75 Å². The molecule has 104 valence electrons. The lowest BCUT2D eigenvalue weighted by Crippen LogP contribution is -1.94. The first-order valence-electron chi connectivity index (χ1n) is 6.33. The van der Waals surface area contributed by atoms with Gasteiger partial charge in [-0.25, -0.2) is 0 Å². The summed E-state index contributed by atoms with van der Waals surface area (Å²) < 4.78 is 11.6. The zero-order valence-corrected chi connectivity index (χ0v) is 13.2. The van der Waals surface area contributed by atoms with Gasteiger partial charge in [0.05, 0.1) is 13.7 Å². The Balaban J connectivity index is 2.34. The number of halogens is 1. The molecule has 2 nitrogen and oxygen atoms in total. The molecule has 0 N–H and O–H groups in total. The van der Waals surface area contributed by atoms with Crippen molar-refractivity contribution in [3.63, 3.8) is 0 Å². The minimum absolute atomic E-state index is 0.566. The molecule has 0 radical (unpaired) electrons. The molecule has 20 heavy (non-hydrogen) atoms. The van der Waals surface area contributed by atoms with Crippen molar-refractivity contribution in [3.05, 3.63) is 63.6 Å². The van der Waals surface area contributed by atoms with Crippen LogP contribution in [-0.2, 0) is 11.3 Å². The second kappa shape index (κ2) is 7.27. The average Bonchev–Trinajstić information content (AvgIpc) is 2.48. The molecule has 0 aliphatic heterocycles. The van der Waals surface area contributed by atoms with Gasteiger partial charge in [-0.15, -0.1) is 0 Å². The molecule has 2 aromatic carbocycles. The van der Waals surface area contributed by atoms with E-state index in [0.717, 1.165) is 26.9 Å². The molecular formula is C17H17BrO2. The van der Waals surface area contributed by atoms with Crippen molar-refractivity contribution in [1.29, 1.82) is 0 Å². The summed E-state index contributed by atoms with van der Waals surface area (Å²) >= 11 is 3.54. The first-order valence-corrected chi connectivity index (χ1v) is 7.12. The number of methoxy groups -OCH3 is 2.